The van der Waals surface area contributed by atoms with Crippen molar-refractivity contribution in [1.29, 1.82) is 0 Å². The first-order chi connectivity index (χ1) is 15.8. The SMILES string of the molecule is Cc1ccccc1OCc1ccc(C(=O)Nc2ccn(Cc3c(F)c(F)cc(F)c3F)n2)o1. The number of carbonyl (C=O) groups is 1. The van der Waals surface area contributed by atoms with Crippen LogP contribution in [0.4, 0.5) is 23.4 Å². The molecular formula is C23H17F4N3O3. The maximum atomic E-state index is 13.8. The summed E-state index contributed by atoms with van der Waals surface area (Å²) < 4.78 is 66.6. The Balaban J connectivity index is 1.39. The second-order valence-corrected chi connectivity index (χ2v) is 7.12. The fraction of sp³-hybridized carbons (Fsp3) is 0.130. The number of aryl methyl sites for hydroxylation is 1. The van der Waals surface area contributed by atoms with Crippen LogP contribution in [0.15, 0.2) is 59.1 Å². The van der Waals surface area contributed by atoms with Gasteiger partial charge >= 0.3 is 0 Å². The van der Waals surface area contributed by atoms with Crippen LogP contribution in [0, 0.1) is 30.2 Å². The zero-order valence-corrected chi connectivity index (χ0v) is 17.2. The van der Waals surface area contributed by atoms with Gasteiger partial charge in [0.25, 0.3) is 5.91 Å². The minimum Gasteiger partial charge on any atom is -0.485 e. The highest BCUT2D eigenvalue weighted by molar-refractivity contribution is 6.01. The molecule has 0 radical (unpaired) electrons. The van der Waals surface area contributed by atoms with E-state index in [2.05, 4.69) is 10.4 Å². The van der Waals surface area contributed by atoms with Crippen molar-refractivity contribution in [2.24, 2.45) is 0 Å². The average molecular weight is 459 g/mol. The molecule has 2 aromatic carbocycles. The number of rotatable bonds is 7. The van der Waals surface area contributed by atoms with Crippen LogP contribution in [0.1, 0.15) is 27.4 Å². The van der Waals surface area contributed by atoms with Crippen LogP contribution in [0.3, 0.4) is 0 Å². The van der Waals surface area contributed by atoms with Gasteiger partial charge in [0.15, 0.2) is 34.8 Å². The zero-order chi connectivity index (χ0) is 23.5. The number of anilines is 1. The molecule has 1 N–H and O–H groups in total. The smallest absolute Gasteiger partial charge is 0.292 e. The number of benzene rings is 2. The van der Waals surface area contributed by atoms with Gasteiger partial charge in [-0.1, -0.05) is 18.2 Å². The van der Waals surface area contributed by atoms with Crippen LogP contribution in [0.5, 0.6) is 5.75 Å². The van der Waals surface area contributed by atoms with Crippen LogP contribution < -0.4 is 10.1 Å². The molecule has 2 heterocycles. The monoisotopic (exact) mass is 459 g/mol. The Bertz CT molecular complexity index is 1290. The minimum atomic E-state index is -1.51. The van der Waals surface area contributed by atoms with Gasteiger partial charge in [0.05, 0.1) is 12.1 Å². The highest BCUT2D eigenvalue weighted by Gasteiger charge is 2.20. The molecule has 0 aliphatic rings. The number of nitrogens with zero attached hydrogens (tertiary/aromatic N) is 2. The van der Waals surface area contributed by atoms with Crippen LogP contribution in [0.25, 0.3) is 0 Å². The van der Waals surface area contributed by atoms with Gasteiger partial charge in [-0.2, -0.15) is 5.10 Å². The summed E-state index contributed by atoms with van der Waals surface area (Å²) in [5.41, 5.74) is 0.135. The van der Waals surface area contributed by atoms with E-state index >= 15 is 0 Å². The second kappa shape index (κ2) is 9.19. The molecule has 0 aliphatic heterocycles. The number of aromatic nitrogens is 2. The Hall–Kier alpha value is -4.08. The van der Waals surface area contributed by atoms with E-state index in [-0.39, 0.29) is 24.3 Å². The molecule has 4 aromatic rings. The van der Waals surface area contributed by atoms with Gasteiger partial charge in [-0.15, -0.1) is 0 Å². The number of furan rings is 1. The number of halogens is 4. The second-order valence-electron chi connectivity index (χ2n) is 7.12. The molecule has 2 aromatic heterocycles. The van der Waals surface area contributed by atoms with Crippen LogP contribution in [-0.2, 0) is 13.2 Å². The number of amides is 1. The highest BCUT2D eigenvalue weighted by Crippen LogP contribution is 2.21. The van der Waals surface area contributed by atoms with E-state index in [0.29, 0.717) is 11.5 Å². The first kappa shape index (κ1) is 22.1. The molecule has 170 valence electrons. The molecule has 0 saturated carbocycles. The van der Waals surface area contributed by atoms with Gasteiger partial charge in [-0.05, 0) is 30.7 Å². The van der Waals surface area contributed by atoms with Crippen LogP contribution in [0.2, 0.25) is 0 Å². The molecule has 0 unspecified atom stereocenters. The largest absolute Gasteiger partial charge is 0.485 e. The molecule has 6 nitrogen and oxygen atoms in total. The van der Waals surface area contributed by atoms with Gasteiger partial charge in [-0.25, -0.2) is 17.6 Å². The first-order valence-corrected chi connectivity index (χ1v) is 9.75. The van der Waals surface area contributed by atoms with E-state index < -0.39 is 41.3 Å². The van der Waals surface area contributed by atoms with E-state index in [0.717, 1.165) is 10.2 Å². The lowest BCUT2D eigenvalue weighted by Gasteiger charge is -2.07. The zero-order valence-electron chi connectivity index (χ0n) is 17.2. The third kappa shape index (κ3) is 4.89. The van der Waals surface area contributed by atoms with Crippen molar-refractivity contribution in [2.75, 3.05) is 5.32 Å². The summed E-state index contributed by atoms with van der Waals surface area (Å²) in [6.45, 7) is 1.44. The minimum absolute atomic E-state index is 0.00257. The summed E-state index contributed by atoms with van der Waals surface area (Å²) in [6.07, 6.45) is 1.29. The molecule has 0 atom stereocenters. The van der Waals surface area contributed by atoms with E-state index in [1.807, 2.05) is 31.2 Å². The predicted octanol–water partition coefficient (Wildman–Crippen LogP) is 5.22. The number of ether oxygens (including phenoxy) is 1. The Morgan fingerprint density at radius 3 is 2.52 bits per heavy atom. The van der Waals surface area contributed by atoms with Crippen molar-refractivity contribution in [2.45, 2.75) is 20.1 Å². The summed E-state index contributed by atoms with van der Waals surface area (Å²) in [5.74, 6) is -5.49. The molecule has 0 bridgehead atoms. The third-order valence-electron chi connectivity index (χ3n) is 4.75. The summed E-state index contributed by atoms with van der Waals surface area (Å²) >= 11 is 0. The fourth-order valence-corrected chi connectivity index (χ4v) is 3.06. The van der Waals surface area contributed by atoms with E-state index in [1.54, 1.807) is 6.07 Å². The molecule has 33 heavy (non-hydrogen) atoms. The van der Waals surface area contributed by atoms with Gasteiger partial charge < -0.3 is 14.5 Å². The fourth-order valence-electron chi connectivity index (χ4n) is 3.06. The predicted molar refractivity (Wildman–Crippen MR) is 110 cm³/mol. The maximum Gasteiger partial charge on any atom is 0.292 e. The van der Waals surface area contributed by atoms with E-state index in [9.17, 15) is 22.4 Å². The maximum absolute atomic E-state index is 13.8. The van der Waals surface area contributed by atoms with Crippen molar-refractivity contribution in [1.82, 2.24) is 9.78 Å². The number of nitrogens with one attached hydrogen (secondary N) is 1. The quantitative estimate of drug-likeness (QED) is 0.304. The summed E-state index contributed by atoms with van der Waals surface area (Å²) in [7, 11) is 0. The van der Waals surface area contributed by atoms with E-state index in [1.165, 1.54) is 18.3 Å². The number of hydrogen-bond acceptors (Lipinski definition) is 4. The lowest BCUT2D eigenvalue weighted by Crippen LogP contribution is -2.13. The van der Waals surface area contributed by atoms with Gasteiger partial charge in [0.2, 0.25) is 0 Å². The Labute approximate surface area is 185 Å². The molecule has 10 heteroatoms. The number of para-hydroxylation sites is 1. The van der Waals surface area contributed by atoms with Crippen LogP contribution in [-0.4, -0.2) is 15.7 Å². The van der Waals surface area contributed by atoms with Crippen molar-refractivity contribution >= 4 is 11.7 Å². The van der Waals surface area contributed by atoms with Gasteiger partial charge in [0, 0.05) is 18.3 Å². The first-order valence-electron chi connectivity index (χ1n) is 9.75. The van der Waals surface area contributed by atoms with E-state index in [4.69, 9.17) is 9.15 Å². The van der Waals surface area contributed by atoms with Crippen LogP contribution >= 0.6 is 0 Å². The summed E-state index contributed by atoms with van der Waals surface area (Å²) in [6, 6.07) is 12.0. The lowest BCUT2D eigenvalue weighted by atomic mass is 10.2. The number of carbonyl (C=O) groups excluding carboxylic acids is 1. The molecule has 0 aliphatic carbocycles. The van der Waals surface area contributed by atoms with Crippen molar-refractivity contribution in [3.63, 3.8) is 0 Å². The summed E-state index contributed by atoms with van der Waals surface area (Å²) in [4.78, 5) is 12.4. The highest BCUT2D eigenvalue weighted by atomic mass is 19.2. The Morgan fingerprint density at radius 2 is 1.79 bits per heavy atom. The third-order valence-corrected chi connectivity index (χ3v) is 4.75. The molecule has 0 saturated heterocycles. The Kier molecular flexibility index (Phi) is 6.16. The van der Waals surface area contributed by atoms with Crippen molar-refractivity contribution < 1.29 is 31.5 Å². The normalized spacial score (nSPS) is 10.9. The topological polar surface area (TPSA) is 69.3 Å². The molecular weight excluding hydrogens is 442 g/mol. The standard InChI is InChI=1S/C23H17F4N3O3/c1-13-4-2-3-5-18(13)32-12-14-6-7-19(33-14)23(31)28-20-8-9-30(29-20)11-15-21(26)16(24)10-17(25)22(15)27/h2-10H,11-12H2,1H3,(H,28,29,31). The Morgan fingerprint density at radius 1 is 1.06 bits per heavy atom. The van der Waals surface area contributed by atoms with Gasteiger partial charge in [-0.3, -0.25) is 9.48 Å². The molecule has 1 amide bonds. The number of hydrogen-bond donors (Lipinski definition) is 1. The average Bonchev–Trinajstić information content (AvgIpc) is 3.44. The van der Waals surface area contributed by atoms with Crippen molar-refractivity contribution in [3.8, 4) is 5.75 Å². The van der Waals surface area contributed by atoms with Crippen molar-refractivity contribution in [3.05, 3.63) is 101 Å². The molecule has 0 spiro atoms. The lowest BCUT2D eigenvalue weighted by molar-refractivity contribution is 0.0992. The summed E-state index contributed by atoms with van der Waals surface area (Å²) in [5, 5.41) is 6.42. The van der Waals surface area contributed by atoms with Gasteiger partial charge in [0.1, 0.15) is 18.1 Å². The molecule has 0 fully saturated rings. The molecule has 4 rings (SSSR count).